The van der Waals surface area contributed by atoms with E-state index in [0.717, 1.165) is 25.2 Å². The van der Waals surface area contributed by atoms with Crippen LogP contribution in [0.1, 0.15) is 19.3 Å². The molecule has 2 aliphatic rings. The summed E-state index contributed by atoms with van der Waals surface area (Å²) >= 11 is 2.01. The third-order valence-electron chi connectivity index (χ3n) is 2.89. The average Bonchev–Trinajstić information content (AvgIpc) is 2.74. The van der Waals surface area contributed by atoms with E-state index in [-0.39, 0.29) is 6.04 Å². The Labute approximate surface area is 89.4 Å². The Balaban J connectivity index is 1.99. The summed E-state index contributed by atoms with van der Waals surface area (Å²) in [7, 11) is 0. The molecule has 14 heavy (non-hydrogen) atoms. The van der Waals surface area contributed by atoms with E-state index in [2.05, 4.69) is 11.5 Å². The molecule has 3 N–H and O–H groups in total. The number of nitrogens with two attached hydrogens (primary N) is 1. The summed E-state index contributed by atoms with van der Waals surface area (Å²) in [5, 5.41) is 0. The minimum absolute atomic E-state index is 0.241. The summed E-state index contributed by atoms with van der Waals surface area (Å²) in [6.07, 6.45) is 5.71. The summed E-state index contributed by atoms with van der Waals surface area (Å²) in [6.45, 7) is 0.851. The van der Waals surface area contributed by atoms with Gasteiger partial charge in [-0.15, -0.1) is 0 Å². The highest BCUT2D eigenvalue weighted by Crippen LogP contribution is 2.30. The smallest absolute Gasteiger partial charge is 0.111 e. The molecule has 4 heteroatoms. The van der Waals surface area contributed by atoms with Gasteiger partial charge < -0.3 is 4.74 Å². The van der Waals surface area contributed by atoms with Gasteiger partial charge in [-0.2, -0.15) is 11.8 Å². The maximum atomic E-state index is 5.65. The molecule has 0 aromatic carbocycles. The van der Waals surface area contributed by atoms with Crippen LogP contribution in [0, 0.1) is 5.92 Å². The van der Waals surface area contributed by atoms with Gasteiger partial charge in [0.25, 0.3) is 0 Å². The maximum Gasteiger partial charge on any atom is 0.111 e. The molecule has 0 amide bonds. The molecule has 0 saturated carbocycles. The summed E-state index contributed by atoms with van der Waals surface area (Å²) < 4.78 is 5.65. The van der Waals surface area contributed by atoms with Crippen LogP contribution >= 0.6 is 11.8 Å². The third kappa shape index (κ3) is 2.24. The first-order valence-corrected chi connectivity index (χ1v) is 6.44. The first-order valence-electron chi connectivity index (χ1n) is 5.28. The molecule has 0 spiro atoms. The topological polar surface area (TPSA) is 47.3 Å². The Morgan fingerprint density at radius 2 is 2.57 bits per heavy atom. The van der Waals surface area contributed by atoms with E-state index in [1.807, 2.05) is 11.8 Å². The normalized spacial score (nSPS) is 29.5. The summed E-state index contributed by atoms with van der Waals surface area (Å²) in [5.74, 6) is 9.79. The number of allylic oxidation sites excluding steroid dienone is 1. The number of rotatable bonds is 3. The number of nitrogens with one attached hydrogen (secondary N) is 1. The number of thioether (sulfide) groups is 1. The van der Waals surface area contributed by atoms with Gasteiger partial charge in [0.05, 0.1) is 12.6 Å². The van der Waals surface area contributed by atoms with Crippen molar-refractivity contribution in [2.45, 2.75) is 25.3 Å². The van der Waals surface area contributed by atoms with Crippen molar-refractivity contribution in [3.05, 3.63) is 11.8 Å². The van der Waals surface area contributed by atoms with Gasteiger partial charge in [0.15, 0.2) is 0 Å². The van der Waals surface area contributed by atoms with Crippen LogP contribution in [0.5, 0.6) is 0 Å². The van der Waals surface area contributed by atoms with Crippen LogP contribution in [0.2, 0.25) is 0 Å². The predicted molar refractivity (Wildman–Crippen MR) is 59.8 cm³/mol. The second kappa shape index (κ2) is 5.05. The molecule has 2 atom stereocenters. The van der Waals surface area contributed by atoms with Gasteiger partial charge >= 0.3 is 0 Å². The fourth-order valence-corrected chi connectivity index (χ4v) is 3.36. The Morgan fingerprint density at radius 3 is 3.14 bits per heavy atom. The summed E-state index contributed by atoms with van der Waals surface area (Å²) in [4.78, 5) is 0. The summed E-state index contributed by atoms with van der Waals surface area (Å²) in [6, 6.07) is 0.241. The summed E-state index contributed by atoms with van der Waals surface area (Å²) in [5.41, 5.74) is 2.91. The molecule has 80 valence electrons. The monoisotopic (exact) mass is 214 g/mol. The van der Waals surface area contributed by atoms with E-state index in [1.165, 1.54) is 17.9 Å². The molecule has 2 aliphatic heterocycles. The van der Waals surface area contributed by atoms with E-state index in [1.54, 1.807) is 0 Å². The minimum atomic E-state index is 0.241. The second-order valence-corrected chi connectivity index (χ2v) is 5.02. The highest BCUT2D eigenvalue weighted by Gasteiger charge is 2.29. The van der Waals surface area contributed by atoms with Gasteiger partial charge in [0.2, 0.25) is 0 Å². The van der Waals surface area contributed by atoms with Crippen LogP contribution in [0.15, 0.2) is 11.8 Å². The SMILES string of the molecule is NNC(C1=CCCCO1)C1CCSC1. The molecule has 2 unspecified atom stereocenters. The molecule has 0 bridgehead atoms. The Bertz CT molecular complexity index is 214. The lowest BCUT2D eigenvalue weighted by Crippen LogP contribution is -2.43. The van der Waals surface area contributed by atoms with Crippen LogP contribution in [0.3, 0.4) is 0 Å². The van der Waals surface area contributed by atoms with Crippen molar-refractivity contribution >= 4 is 11.8 Å². The molecule has 2 rings (SSSR count). The molecule has 2 heterocycles. The van der Waals surface area contributed by atoms with E-state index in [4.69, 9.17) is 10.6 Å². The van der Waals surface area contributed by atoms with Crippen molar-refractivity contribution in [2.24, 2.45) is 11.8 Å². The predicted octanol–water partition coefficient (Wildman–Crippen LogP) is 1.27. The number of hydrogen-bond acceptors (Lipinski definition) is 4. The quantitative estimate of drug-likeness (QED) is 0.548. The molecule has 0 radical (unpaired) electrons. The van der Waals surface area contributed by atoms with Gasteiger partial charge in [-0.05, 0) is 42.8 Å². The van der Waals surface area contributed by atoms with Crippen LogP contribution in [0.4, 0.5) is 0 Å². The zero-order chi connectivity index (χ0) is 9.80. The molecule has 0 aromatic rings. The molecule has 0 aliphatic carbocycles. The van der Waals surface area contributed by atoms with Crippen molar-refractivity contribution in [1.29, 1.82) is 0 Å². The maximum absolute atomic E-state index is 5.65. The molecule has 3 nitrogen and oxygen atoms in total. The standard InChI is InChI=1S/C10H18N2OS/c11-12-10(8-4-6-14-7-8)9-3-1-2-5-13-9/h3,8,10,12H,1-2,4-7,11H2. The highest BCUT2D eigenvalue weighted by atomic mass is 32.2. The fourth-order valence-electron chi connectivity index (χ4n) is 2.06. The molecular weight excluding hydrogens is 196 g/mol. The van der Waals surface area contributed by atoms with E-state index >= 15 is 0 Å². The first kappa shape index (κ1) is 10.3. The Kier molecular flexibility index (Phi) is 3.73. The van der Waals surface area contributed by atoms with Gasteiger partial charge in [0, 0.05) is 0 Å². The number of hydrazine groups is 1. The second-order valence-electron chi connectivity index (χ2n) is 3.87. The van der Waals surface area contributed by atoms with E-state index < -0.39 is 0 Å². The molecule has 1 saturated heterocycles. The van der Waals surface area contributed by atoms with Gasteiger partial charge in [-0.3, -0.25) is 5.84 Å². The van der Waals surface area contributed by atoms with Crippen LogP contribution < -0.4 is 11.3 Å². The van der Waals surface area contributed by atoms with Crippen LogP contribution in [-0.2, 0) is 4.74 Å². The lowest BCUT2D eigenvalue weighted by molar-refractivity contribution is 0.154. The van der Waals surface area contributed by atoms with Crippen molar-refractivity contribution in [2.75, 3.05) is 18.1 Å². The van der Waals surface area contributed by atoms with Crippen molar-refractivity contribution < 1.29 is 4.74 Å². The Morgan fingerprint density at radius 1 is 1.64 bits per heavy atom. The number of hydrogen-bond donors (Lipinski definition) is 2. The highest BCUT2D eigenvalue weighted by molar-refractivity contribution is 7.99. The van der Waals surface area contributed by atoms with Crippen LogP contribution in [-0.4, -0.2) is 24.2 Å². The molecule has 1 fully saturated rings. The number of ether oxygens (including phenoxy) is 1. The van der Waals surface area contributed by atoms with Gasteiger partial charge in [-0.1, -0.05) is 0 Å². The zero-order valence-corrected chi connectivity index (χ0v) is 9.19. The van der Waals surface area contributed by atoms with Crippen molar-refractivity contribution in [1.82, 2.24) is 5.43 Å². The lowest BCUT2D eigenvalue weighted by Gasteiger charge is -2.27. The Hall–Kier alpha value is -0.190. The largest absolute Gasteiger partial charge is 0.497 e. The molecular formula is C10H18N2OS. The van der Waals surface area contributed by atoms with Gasteiger partial charge in [0.1, 0.15) is 5.76 Å². The van der Waals surface area contributed by atoms with Crippen molar-refractivity contribution in [3.63, 3.8) is 0 Å². The first-order chi connectivity index (χ1) is 6.92. The van der Waals surface area contributed by atoms with Crippen LogP contribution in [0.25, 0.3) is 0 Å². The van der Waals surface area contributed by atoms with Gasteiger partial charge in [-0.25, -0.2) is 5.43 Å². The van der Waals surface area contributed by atoms with E-state index in [0.29, 0.717) is 5.92 Å². The third-order valence-corrected chi connectivity index (χ3v) is 4.07. The zero-order valence-electron chi connectivity index (χ0n) is 8.37. The van der Waals surface area contributed by atoms with E-state index in [9.17, 15) is 0 Å². The average molecular weight is 214 g/mol. The molecule has 0 aromatic heterocycles. The minimum Gasteiger partial charge on any atom is -0.497 e. The fraction of sp³-hybridized carbons (Fsp3) is 0.800. The lowest BCUT2D eigenvalue weighted by atomic mass is 9.96. The van der Waals surface area contributed by atoms with Crippen molar-refractivity contribution in [3.8, 4) is 0 Å².